The molecule has 70 valence electrons. The van der Waals surface area contributed by atoms with E-state index in [4.69, 9.17) is 4.74 Å². The molecule has 1 heterocycles. The van der Waals surface area contributed by atoms with Crippen LogP contribution in [0, 0.1) is 11.6 Å². The Morgan fingerprint density at radius 1 is 1.14 bits per heavy atom. The minimum atomic E-state index is -0.835. The van der Waals surface area contributed by atoms with Crippen molar-refractivity contribution in [2.24, 2.45) is 0 Å². The Labute approximate surface area is 80.9 Å². The standard InChI is InChI=1S/C10H7BF2O/c12-9-2-1-7(5-10(9)13)8-6-14-4-3-11-8/h1-6,11H. The Hall–Kier alpha value is -1.58. The molecule has 0 bridgehead atoms. The molecule has 1 aliphatic heterocycles. The number of rotatable bonds is 1. The molecule has 1 aliphatic rings. The van der Waals surface area contributed by atoms with E-state index in [0.717, 1.165) is 11.5 Å². The molecule has 0 spiro atoms. The molecule has 1 nitrogen and oxygen atoms in total. The third kappa shape index (κ3) is 1.69. The highest BCUT2D eigenvalue weighted by molar-refractivity contribution is 6.65. The second kappa shape index (κ2) is 3.66. The van der Waals surface area contributed by atoms with Gasteiger partial charge in [-0.3, -0.25) is 0 Å². The van der Waals surface area contributed by atoms with E-state index in [1.807, 2.05) is 5.98 Å². The molecule has 4 heteroatoms. The molecule has 0 unspecified atom stereocenters. The van der Waals surface area contributed by atoms with Gasteiger partial charge in [0.1, 0.15) is 0 Å². The Morgan fingerprint density at radius 3 is 2.64 bits per heavy atom. The van der Waals surface area contributed by atoms with Crippen LogP contribution in [-0.4, -0.2) is 7.28 Å². The van der Waals surface area contributed by atoms with Gasteiger partial charge in [0, 0.05) is 0 Å². The third-order valence-electron chi connectivity index (χ3n) is 2.01. The monoisotopic (exact) mass is 192 g/mol. The van der Waals surface area contributed by atoms with Gasteiger partial charge in [0.05, 0.1) is 12.5 Å². The smallest absolute Gasteiger partial charge is 0.191 e. The lowest BCUT2D eigenvalue weighted by molar-refractivity contribution is 0.405. The molecule has 1 aromatic rings. The normalized spacial score (nSPS) is 14.3. The van der Waals surface area contributed by atoms with Gasteiger partial charge >= 0.3 is 0 Å². The molecule has 0 atom stereocenters. The molecular formula is C10H7BF2O. The average Bonchev–Trinajstić information content (AvgIpc) is 2.23. The molecule has 0 saturated carbocycles. The van der Waals surface area contributed by atoms with E-state index >= 15 is 0 Å². The second-order valence-corrected chi connectivity index (χ2v) is 2.98. The molecule has 0 amide bonds. The van der Waals surface area contributed by atoms with Crippen LogP contribution >= 0.6 is 0 Å². The first-order valence-corrected chi connectivity index (χ1v) is 4.22. The van der Waals surface area contributed by atoms with E-state index < -0.39 is 11.6 Å². The van der Waals surface area contributed by atoms with Gasteiger partial charge in [0.25, 0.3) is 0 Å². The highest BCUT2D eigenvalue weighted by Crippen LogP contribution is 2.18. The first-order valence-electron chi connectivity index (χ1n) is 4.22. The van der Waals surface area contributed by atoms with Crippen LogP contribution in [0.3, 0.4) is 0 Å². The molecule has 14 heavy (non-hydrogen) atoms. The van der Waals surface area contributed by atoms with Gasteiger partial charge in [-0.05, 0) is 23.2 Å². The van der Waals surface area contributed by atoms with Gasteiger partial charge in [-0.2, -0.15) is 0 Å². The van der Waals surface area contributed by atoms with Crippen LogP contribution in [0.4, 0.5) is 8.78 Å². The van der Waals surface area contributed by atoms with Crippen molar-refractivity contribution < 1.29 is 13.5 Å². The van der Waals surface area contributed by atoms with Crippen molar-refractivity contribution >= 4 is 12.8 Å². The van der Waals surface area contributed by atoms with Gasteiger partial charge < -0.3 is 4.74 Å². The maximum absolute atomic E-state index is 12.9. The van der Waals surface area contributed by atoms with Crippen molar-refractivity contribution in [3.8, 4) is 0 Å². The molecule has 0 fully saturated rings. The van der Waals surface area contributed by atoms with Crippen LogP contribution in [0.15, 0.2) is 36.7 Å². The SMILES string of the molecule is Fc1ccc(C2=COC=CB2)cc1F. The first-order chi connectivity index (χ1) is 6.77. The Morgan fingerprint density at radius 2 is 2.00 bits per heavy atom. The van der Waals surface area contributed by atoms with Gasteiger partial charge in [-0.15, -0.1) is 0 Å². The number of halogens is 2. The Balaban J connectivity index is 2.33. The van der Waals surface area contributed by atoms with Crippen molar-refractivity contribution in [1.29, 1.82) is 0 Å². The second-order valence-electron chi connectivity index (χ2n) is 2.98. The number of hydrogen-bond acceptors (Lipinski definition) is 1. The van der Waals surface area contributed by atoms with Crippen molar-refractivity contribution in [3.05, 3.63) is 53.9 Å². The summed E-state index contributed by atoms with van der Waals surface area (Å²) >= 11 is 0. The zero-order valence-electron chi connectivity index (χ0n) is 7.34. The van der Waals surface area contributed by atoms with E-state index in [1.54, 1.807) is 6.26 Å². The van der Waals surface area contributed by atoms with Crippen LogP contribution in [0.5, 0.6) is 0 Å². The molecule has 2 rings (SSSR count). The summed E-state index contributed by atoms with van der Waals surface area (Å²) in [6.45, 7) is 0. The van der Waals surface area contributed by atoms with Gasteiger partial charge in [-0.1, -0.05) is 12.0 Å². The lowest BCUT2D eigenvalue weighted by atomic mass is 9.67. The predicted molar refractivity (Wildman–Crippen MR) is 51.7 cm³/mol. The van der Waals surface area contributed by atoms with Crippen LogP contribution in [0.25, 0.3) is 5.47 Å². The summed E-state index contributed by atoms with van der Waals surface area (Å²) in [5.41, 5.74) is 1.49. The summed E-state index contributed by atoms with van der Waals surface area (Å²) in [5.74, 6) is 0.149. The molecular weight excluding hydrogens is 185 g/mol. The highest BCUT2D eigenvalue weighted by Gasteiger charge is 2.08. The van der Waals surface area contributed by atoms with Gasteiger partial charge in [0.15, 0.2) is 18.9 Å². The van der Waals surface area contributed by atoms with Gasteiger partial charge in [-0.25, -0.2) is 8.78 Å². The zero-order valence-corrected chi connectivity index (χ0v) is 7.34. The summed E-state index contributed by atoms with van der Waals surface area (Å²) in [6.07, 6.45) is 3.09. The Bertz CT molecular complexity index is 413. The minimum Gasteiger partial charge on any atom is -0.474 e. The molecule has 0 aliphatic carbocycles. The summed E-state index contributed by atoms with van der Waals surface area (Å²) in [4.78, 5) is 0. The molecule has 0 aromatic heterocycles. The summed E-state index contributed by atoms with van der Waals surface area (Å²) in [7, 11) is 0.672. The quantitative estimate of drug-likeness (QED) is 0.619. The highest BCUT2D eigenvalue weighted by atomic mass is 19.2. The van der Waals surface area contributed by atoms with E-state index in [0.29, 0.717) is 12.8 Å². The average molecular weight is 192 g/mol. The zero-order chi connectivity index (χ0) is 9.97. The fraction of sp³-hybridized carbons (Fsp3) is 0. The molecule has 0 N–H and O–H groups in total. The van der Waals surface area contributed by atoms with Crippen LogP contribution in [-0.2, 0) is 4.74 Å². The molecule has 0 saturated heterocycles. The molecule has 0 radical (unpaired) electrons. The fourth-order valence-corrected chi connectivity index (χ4v) is 1.28. The van der Waals surface area contributed by atoms with Crippen LogP contribution < -0.4 is 0 Å². The predicted octanol–water partition coefficient (Wildman–Crippen LogP) is 2.20. The number of hydrogen-bond donors (Lipinski definition) is 0. The number of benzene rings is 1. The third-order valence-corrected chi connectivity index (χ3v) is 2.01. The lowest BCUT2D eigenvalue weighted by Gasteiger charge is -2.07. The van der Waals surface area contributed by atoms with Crippen LogP contribution in [0.2, 0.25) is 0 Å². The summed E-state index contributed by atoms with van der Waals surface area (Å²) in [5, 5.41) is 0. The molecule has 1 aromatic carbocycles. The van der Waals surface area contributed by atoms with E-state index in [-0.39, 0.29) is 0 Å². The van der Waals surface area contributed by atoms with Crippen molar-refractivity contribution in [2.45, 2.75) is 0 Å². The largest absolute Gasteiger partial charge is 0.474 e. The minimum absolute atomic E-state index is 0.647. The van der Waals surface area contributed by atoms with Crippen molar-refractivity contribution in [1.82, 2.24) is 0 Å². The summed E-state index contributed by atoms with van der Waals surface area (Å²) in [6, 6.07) is 3.82. The first kappa shape index (κ1) is 9.00. The fourth-order valence-electron chi connectivity index (χ4n) is 1.28. The van der Waals surface area contributed by atoms with E-state index in [1.165, 1.54) is 18.4 Å². The maximum Gasteiger partial charge on any atom is 0.191 e. The topological polar surface area (TPSA) is 9.23 Å². The Kier molecular flexibility index (Phi) is 2.35. The van der Waals surface area contributed by atoms with E-state index in [2.05, 4.69) is 0 Å². The maximum atomic E-state index is 12.9. The van der Waals surface area contributed by atoms with Crippen molar-refractivity contribution in [2.75, 3.05) is 0 Å². The lowest BCUT2D eigenvalue weighted by Crippen LogP contribution is -1.99. The van der Waals surface area contributed by atoms with E-state index in [9.17, 15) is 8.78 Å². The van der Waals surface area contributed by atoms with Crippen LogP contribution in [0.1, 0.15) is 5.56 Å². The van der Waals surface area contributed by atoms with Crippen molar-refractivity contribution in [3.63, 3.8) is 0 Å². The van der Waals surface area contributed by atoms with Gasteiger partial charge in [0.2, 0.25) is 0 Å². The summed E-state index contributed by atoms with van der Waals surface area (Å²) < 4.78 is 30.4. The number of ether oxygens (including phenoxy) is 1.